The molecule has 0 aromatic heterocycles. The summed E-state index contributed by atoms with van der Waals surface area (Å²) in [4.78, 5) is 9.90. The SMILES string of the molecule is Brc1ccccc1NC1CCC1.Nc1ccccc1Br.O=C1CCC1. The predicted molar refractivity (Wildman–Crippen MR) is 113 cm³/mol. The Bertz CT molecular complexity index is 660. The van der Waals surface area contributed by atoms with E-state index >= 15 is 0 Å². The maximum Gasteiger partial charge on any atom is 0.132 e. The molecule has 0 atom stereocenters. The highest BCUT2D eigenvalue weighted by molar-refractivity contribution is 9.11. The highest BCUT2D eigenvalue weighted by atomic mass is 79.9. The Morgan fingerprint density at radius 1 is 0.880 bits per heavy atom. The number of halogens is 2. The van der Waals surface area contributed by atoms with Crippen molar-refractivity contribution in [1.82, 2.24) is 0 Å². The summed E-state index contributed by atoms with van der Waals surface area (Å²) in [6.45, 7) is 0. The molecule has 2 saturated carbocycles. The highest BCUT2D eigenvalue weighted by Crippen LogP contribution is 2.27. The Balaban J connectivity index is 0.000000149. The Morgan fingerprint density at radius 2 is 1.44 bits per heavy atom. The molecule has 2 fully saturated rings. The number of nitrogens with two attached hydrogens (primary N) is 1. The summed E-state index contributed by atoms with van der Waals surface area (Å²) < 4.78 is 2.12. The second-order valence-electron chi connectivity index (χ2n) is 6.17. The molecule has 2 aliphatic rings. The average molecular weight is 468 g/mol. The minimum absolute atomic E-state index is 0.435. The summed E-state index contributed by atoms with van der Waals surface area (Å²) in [5.74, 6) is 0.435. The predicted octanol–water partition coefficient (Wildman–Crippen LogP) is 6.18. The lowest BCUT2D eigenvalue weighted by Crippen LogP contribution is -2.27. The van der Waals surface area contributed by atoms with Gasteiger partial charge in [-0.05, 0) is 81.8 Å². The van der Waals surface area contributed by atoms with Crippen molar-refractivity contribution in [3.05, 3.63) is 57.5 Å². The fraction of sp³-hybridized carbons (Fsp3) is 0.350. The fourth-order valence-electron chi connectivity index (χ4n) is 2.15. The van der Waals surface area contributed by atoms with Gasteiger partial charge in [-0.25, -0.2) is 0 Å². The lowest BCUT2D eigenvalue weighted by molar-refractivity contribution is -0.123. The number of nitrogen functional groups attached to an aromatic ring is 1. The lowest BCUT2D eigenvalue weighted by Gasteiger charge is -2.27. The second kappa shape index (κ2) is 10.6. The molecule has 0 saturated heterocycles. The highest BCUT2D eigenvalue weighted by Gasteiger charge is 2.17. The van der Waals surface area contributed by atoms with E-state index in [2.05, 4.69) is 55.4 Å². The normalized spacial score (nSPS) is 15.5. The van der Waals surface area contributed by atoms with E-state index in [9.17, 15) is 4.79 Å². The van der Waals surface area contributed by atoms with Crippen LogP contribution in [-0.4, -0.2) is 11.8 Å². The molecule has 4 rings (SSSR count). The number of hydrogen-bond acceptors (Lipinski definition) is 3. The van der Waals surface area contributed by atoms with Crippen molar-refractivity contribution < 1.29 is 4.79 Å². The van der Waals surface area contributed by atoms with Crippen molar-refractivity contribution in [3.8, 4) is 0 Å². The molecule has 0 radical (unpaired) electrons. The number of ketones is 1. The van der Waals surface area contributed by atoms with Crippen LogP contribution >= 0.6 is 31.9 Å². The van der Waals surface area contributed by atoms with Gasteiger partial charge in [0.05, 0.1) is 0 Å². The fourth-order valence-corrected chi connectivity index (χ4v) is 2.83. The van der Waals surface area contributed by atoms with Gasteiger partial charge >= 0.3 is 0 Å². The number of carbonyl (C=O) groups excluding carboxylic acids is 1. The number of Topliss-reactive ketones (excluding diaryl/α,β-unsaturated/α-hetero) is 1. The number of hydrogen-bond donors (Lipinski definition) is 2. The van der Waals surface area contributed by atoms with Crippen molar-refractivity contribution >= 4 is 49.0 Å². The Morgan fingerprint density at radius 3 is 1.80 bits per heavy atom. The first-order valence-electron chi connectivity index (χ1n) is 8.59. The average Bonchev–Trinajstić information content (AvgIpc) is 2.54. The van der Waals surface area contributed by atoms with Crippen LogP contribution in [0.25, 0.3) is 0 Å². The molecule has 0 bridgehead atoms. The van der Waals surface area contributed by atoms with E-state index < -0.39 is 0 Å². The Hall–Kier alpha value is -1.33. The van der Waals surface area contributed by atoms with Gasteiger partial charge in [-0.1, -0.05) is 24.3 Å². The maximum absolute atomic E-state index is 9.90. The van der Waals surface area contributed by atoms with Crippen LogP contribution < -0.4 is 11.1 Å². The molecule has 0 unspecified atom stereocenters. The zero-order valence-corrected chi connectivity index (χ0v) is 17.4. The second-order valence-corrected chi connectivity index (χ2v) is 7.87. The van der Waals surface area contributed by atoms with Crippen molar-refractivity contribution in [2.45, 2.75) is 44.6 Å². The third-order valence-electron chi connectivity index (χ3n) is 4.16. The number of para-hydroxylation sites is 2. The molecule has 0 spiro atoms. The number of carbonyl (C=O) groups is 1. The van der Waals surface area contributed by atoms with Crippen molar-refractivity contribution in [3.63, 3.8) is 0 Å². The van der Waals surface area contributed by atoms with Gasteiger partial charge < -0.3 is 11.1 Å². The summed E-state index contributed by atoms with van der Waals surface area (Å²) in [7, 11) is 0. The minimum Gasteiger partial charge on any atom is -0.398 e. The van der Waals surface area contributed by atoms with Crippen LogP contribution in [0.1, 0.15) is 38.5 Å². The molecule has 2 aromatic rings. The summed E-state index contributed by atoms with van der Waals surface area (Å²) >= 11 is 6.79. The topological polar surface area (TPSA) is 55.1 Å². The van der Waals surface area contributed by atoms with Gasteiger partial charge in [0.1, 0.15) is 5.78 Å². The standard InChI is InChI=1S/C10H12BrN.C6H6BrN.C4H6O/c11-9-6-1-2-7-10(9)12-8-4-3-5-8;7-5-3-1-2-4-6(5)8;5-4-2-1-3-4/h1-2,6-8,12H,3-5H2;1-4H,8H2;1-3H2. The molecule has 0 heterocycles. The molecule has 25 heavy (non-hydrogen) atoms. The van der Waals surface area contributed by atoms with Crippen LogP contribution in [0.15, 0.2) is 57.5 Å². The van der Waals surface area contributed by atoms with Crippen molar-refractivity contribution in [2.24, 2.45) is 0 Å². The van der Waals surface area contributed by atoms with Gasteiger partial charge in [0, 0.05) is 39.2 Å². The molecule has 3 nitrogen and oxygen atoms in total. The maximum atomic E-state index is 9.90. The molecular formula is C20H24Br2N2O. The van der Waals surface area contributed by atoms with Gasteiger partial charge in [-0.2, -0.15) is 0 Å². The van der Waals surface area contributed by atoms with Gasteiger partial charge in [-0.3, -0.25) is 4.79 Å². The Kier molecular flexibility index (Phi) is 8.49. The van der Waals surface area contributed by atoms with E-state index in [1.807, 2.05) is 30.3 Å². The quantitative estimate of drug-likeness (QED) is 0.518. The van der Waals surface area contributed by atoms with Crippen LogP contribution in [0.4, 0.5) is 11.4 Å². The molecular weight excluding hydrogens is 444 g/mol. The van der Waals surface area contributed by atoms with E-state index in [1.165, 1.54) is 24.9 Å². The number of benzene rings is 2. The van der Waals surface area contributed by atoms with E-state index in [4.69, 9.17) is 5.73 Å². The first-order chi connectivity index (χ1) is 12.1. The lowest BCUT2D eigenvalue weighted by atomic mass is 9.93. The number of nitrogens with one attached hydrogen (secondary N) is 1. The zero-order valence-electron chi connectivity index (χ0n) is 14.2. The molecule has 0 aliphatic heterocycles. The van der Waals surface area contributed by atoms with Gasteiger partial charge in [-0.15, -0.1) is 0 Å². The third-order valence-corrected chi connectivity index (χ3v) is 5.57. The van der Waals surface area contributed by atoms with Crippen LogP contribution in [0.3, 0.4) is 0 Å². The first-order valence-corrected chi connectivity index (χ1v) is 10.2. The first kappa shape index (κ1) is 20.0. The molecule has 0 amide bonds. The molecule has 2 aliphatic carbocycles. The van der Waals surface area contributed by atoms with Gasteiger partial charge in [0.2, 0.25) is 0 Å². The smallest absolute Gasteiger partial charge is 0.132 e. The van der Waals surface area contributed by atoms with Crippen LogP contribution in [0.5, 0.6) is 0 Å². The summed E-state index contributed by atoms with van der Waals surface area (Å²) in [6, 6.07) is 16.6. The van der Waals surface area contributed by atoms with E-state index in [1.54, 1.807) is 0 Å². The summed E-state index contributed by atoms with van der Waals surface area (Å²) in [5.41, 5.74) is 7.48. The van der Waals surface area contributed by atoms with E-state index in [0.717, 1.165) is 33.9 Å². The third kappa shape index (κ3) is 7.20. The van der Waals surface area contributed by atoms with Crippen LogP contribution in [0.2, 0.25) is 0 Å². The van der Waals surface area contributed by atoms with Crippen LogP contribution in [-0.2, 0) is 4.79 Å². The summed E-state index contributed by atoms with van der Waals surface area (Å²) in [6.07, 6.45) is 6.85. The molecule has 2 aromatic carbocycles. The van der Waals surface area contributed by atoms with E-state index in [-0.39, 0.29) is 0 Å². The number of anilines is 2. The molecule has 3 N–H and O–H groups in total. The molecule has 134 valence electrons. The van der Waals surface area contributed by atoms with Gasteiger partial charge in [0.25, 0.3) is 0 Å². The van der Waals surface area contributed by atoms with E-state index in [0.29, 0.717) is 11.8 Å². The Labute approximate surface area is 166 Å². The number of rotatable bonds is 2. The summed E-state index contributed by atoms with van der Waals surface area (Å²) in [5, 5.41) is 3.50. The van der Waals surface area contributed by atoms with Crippen molar-refractivity contribution in [2.75, 3.05) is 11.1 Å². The largest absolute Gasteiger partial charge is 0.398 e. The minimum atomic E-state index is 0.435. The monoisotopic (exact) mass is 466 g/mol. The van der Waals surface area contributed by atoms with Gasteiger partial charge in [0.15, 0.2) is 0 Å². The zero-order chi connectivity index (χ0) is 18.1. The van der Waals surface area contributed by atoms with Crippen LogP contribution in [0, 0.1) is 0 Å². The molecule has 5 heteroatoms. The van der Waals surface area contributed by atoms with Crippen molar-refractivity contribution in [1.29, 1.82) is 0 Å².